The van der Waals surface area contributed by atoms with Crippen LogP contribution in [-0.2, 0) is 5.41 Å². The second kappa shape index (κ2) is 4.86. The van der Waals surface area contributed by atoms with Gasteiger partial charge in [-0.3, -0.25) is 0 Å². The lowest BCUT2D eigenvalue weighted by Crippen LogP contribution is -2.11. The van der Waals surface area contributed by atoms with Crippen LogP contribution in [0.4, 0.5) is 0 Å². The molecule has 0 N–H and O–H groups in total. The molecule has 1 aromatic heterocycles. The average Bonchev–Trinajstić information content (AvgIpc) is 2.99. The maximum atomic E-state index is 6.30. The molecule has 0 atom stereocenters. The Morgan fingerprint density at radius 1 is 0.640 bits per heavy atom. The number of hydrogen-bond donors (Lipinski definition) is 0. The van der Waals surface area contributed by atoms with Crippen LogP contribution in [0.25, 0.3) is 43.5 Å². The Bertz CT molecular complexity index is 1270. The molecule has 25 heavy (non-hydrogen) atoms. The van der Waals surface area contributed by atoms with Gasteiger partial charge in [-0.05, 0) is 44.7 Å². The van der Waals surface area contributed by atoms with Crippen molar-refractivity contribution in [2.75, 3.05) is 0 Å². The molecule has 0 amide bonds. The Morgan fingerprint density at radius 3 is 2.04 bits per heavy atom. The minimum Gasteiger partial charge on any atom is -0.456 e. The zero-order valence-corrected chi connectivity index (χ0v) is 14.8. The van der Waals surface area contributed by atoms with Crippen molar-refractivity contribution in [2.24, 2.45) is 0 Å². The summed E-state index contributed by atoms with van der Waals surface area (Å²) in [5.41, 5.74) is 3.34. The predicted molar refractivity (Wildman–Crippen MR) is 107 cm³/mol. The molecule has 0 radical (unpaired) electrons. The van der Waals surface area contributed by atoms with E-state index in [-0.39, 0.29) is 5.41 Å². The zero-order valence-electron chi connectivity index (χ0n) is 14.8. The monoisotopic (exact) mass is 324 g/mol. The highest BCUT2D eigenvalue weighted by Gasteiger charge is 2.21. The first-order valence-corrected chi connectivity index (χ1v) is 8.80. The molecule has 1 heteroatoms. The summed E-state index contributed by atoms with van der Waals surface area (Å²) >= 11 is 0. The van der Waals surface area contributed by atoms with Gasteiger partial charge in [0.1, 0.15) is 11.2 Å². The largest absolute Gasteiger partial charge is 0.456 e. The maximum Gasteiger partial charge on any atom is 0.136 e. The van der Waals surface area contributed by atoms with Crippen LogP contribution < -0.4 is 0 Å². The van der Waals surface area contributed by atoms with E-state index in [1.165, 1.54) is 37.9 Å². The smallest absolute Gasteiger partial charge is 0.136 e. The molecular weight excluding hydrogens is 304 g/mol. The van der Waals surface area contributed by atoms with Crippen molar-refractivity contribution in [3.8, 4) is 0 Å². The van der Waals surface area contributed by atoms with Gasteiger partial charge in [0.25, 0.3) is 0 Å². The average molecular weight is 324 g/mol. The molecule has 0 aliphatic heterocycles. The van der Waals surface area contributed by atoms with Gasteiger partial charge in [0.15, 0.2) is 0 Å². The summed E-state index contributed by atoms with van der Waals surface area (Å²) in [6.45, 7) is 6.79. The van der Waals surface area contributed by atoms with Crippen LogP contribution >= 0.6 is 0 Å². The van der Waals surface area contributed by atoms with Crippen molar-refractivity contribution in [1.29, 1.82) is 0 Å². The highest BCUT2D eigenvalue weighted by Crippen LogP contribution is 2.42. The molecular formula is C24H20O. The van der Waals surface area contributed by atoms with E-state index in [9.17, 15) is 0 Å². The molecule has 0 aliphatic rings. The third kappa shape index (κ3) is 2.02. The molecule has 0 bridgehead atoms. The summed E-state index contributed by atoms with van der Waals surface area (Å²) < 4.78 is 6.30. The van der Waals surface area contributed by atoms with Crippen LogP contribution in [0.5, 0.6) is 0 Å². The Kier molecular flexibility index (Phi) is 2.82. The quantitative estimate of drug-likeness (QED) is 0.294. The van der Waals surface area contributed by atoms with E-state index in [0.717, 1.165) is 11.2 Å². The third-order valence-corrected chi connectivity index (χ3v) is 5.18. The third-order valence-electron chi connectivity index (χ3n) is 5.18. The van der Waals surface area contributed by atoms with Gasteiger partial charge >= 0.3 is 0 Å². The number of hydrogen-bond acceptors (Lipinski definition) is 1. The van der Waals surface area contributed by atoms with E-state index in [1.807, 2.05) is 0 Å². The van der Waals surface area contributed by atoms with E-state index in [0.29, 0.717) is 0 Å². The molecule has 4 aromatic carbocycles. The minimum absolute atomic E-state index is 0.0643. The minimum atomic E-state index is 0.0643. The van der Waals surface area contributed by atoms with Gasteiger partial charge in [-0.25, -0.2) is 0 Å². The zero-order chi connectivity index (χ0) is 17.2. The fourth-order valence-corrected chi connectivity index (χ4v) is 4.02. The van der Waals surface area contributed by atoms with E-state index in [2.05, 4.69) is 87.5 Å². The molecule has 0 spiro atoms. The van der Waals surface area contributed by atoms with Crippen LogP contribution in [0.15, 0.2) is 71.1 Å². The summed E-state index contributed by atoms with van der Waals surface area (Å²) in [5, 5.41) is 7.56. The molecule has 1 nitrogen and oxygen atoms in total. The highest BCUT2D eigenvalue weighted by atomic mass is 16.3. The van der Waals surface area contributed by atoms with Crippen LogP contribution in [0.3, 0.4) is 0 Å². The van der Waals surface area contributed by atoms with Crippen molar-refractivity contribution in [2.45, 2.75) is 26.2 Å². The Morgan fingerprint density at radius 2 is 1.28 bits per heavy atom. The van der Waals surface area contributed by atoms with Gasteiger partial charge in [-0.1, -0.05) is 75.4 Å². The van der Waals surface area contributed by atoms with Gasteiger partial charge in [-0.15, -0.1) is 0 Å². The van der Waals surface area contributed by atoms with Crippen LogP contribution in [0, 0.1) is 0 Å². The fraction of sp³-hybridized carbons (Fsp3) is 0.167. The molecule has 1 heterocycles. The van der Waals surface area contributed by atoms with Gasteiger partial charge in [-0.2, -0.15) is 0 Å². The van der Waals surface area contributed by atoms with Gasteiger partial charge in [0, 0.05) is 10.8 Å². The van der Waals surface area contributed by atoms with Crippen LogP contribution in [0.2, 0.25) is 0 Å². The van der Waals surface area contributed by atoms with E-state index in [4.69, 9.17) is 4.42 Å². The lowest BCUT2D eigenvalue weighted by Gasteiger charge is -2.21. The summed E-state index contributed by atoms with van der Waals surface area (Å²) in [6.07, 6.45) is 0. The first kappa shape index (κ1) is 14.5. The first-order valence-electron chi connectivity index (χ1n) is 8.80. The lowest BCUT2D eigenvalue weighted by molar-refractivity contribution is 0.593. The number of rotatable bonds is 0. The SMILES string of the molecule is CC(C)(C)c1cc2oc3ccc4ccccc4c3c2c2ccccc12. The molecule has 0 saturated carbocycles. The van der Waals surface area contributed by atoms with Crippen molar-refractivity contribution >= 4 is 43.5 Å². The van der Waals surface area contributed by atoms with Crippen LogP contribution in [-0.4, -0.2) is 0 Å². The van der Waals surface area contributed by atoms with E-state index >= 15 is 0 Å². The van der Waals surface area contributed by atoms with Crippen molar-refractivity contribution < 1.29 is 4.42 Å². The Labute approximate surface area is 146 Å². The van der Waals surface area contributed by atoms with E-state index < -0.39 is 0 Å². The highest BCUT2D eigenvalue weighted by molar-refractivity contribution is 6.26. The normalized spacial score (nSPS) is 12.6. The van der Waals surface area contributed by atoms with Crippen molar-refractivity contribution in [3.63, 3.8) is 0 Å². The standard InChI is InChI=1S/C24H20O/c1-24(2,3)19-14-21-23(18-11-7-6-10-17(18)19)22-16-9-5-4-8-15(16)12-13-20(22)25-21/h4-14H,1-3H3. The molecule has 5 aromatic rings. The van der Waals surface area contributed by atoms with Gasteiger partial charge in [0.05, 0.1) is 0 Å². The first-order chi connectivity index (χ1) is 12.0. The Hall–Kier alpha value is -2.80. The molecule has 122 valence electrons. The Balaban J connectivity index is 2.10. The summed E-state index contributed by atoms with van der Waals surface area (Å²) in [5.74, 6) is 0. The number of furan rings is 1. The predicted octanol–water partition coefficient (Wildman–Crippen LogP) is 7.19. The molecule has 0 saturated heterocycles. The van der Waals surface area contributed by atoms with E-state index in [1.54, 1.807) is 0 Å². The topological polar surface area (TPSA) is 13.1 Å². The van der Waals surface area contributed by atoms with Crippen molar-refractivity contribution in [3.05, 3.63) is 72.3 Å². The van der Waals surface area contributed by atoms with Crippen LogP contribution in [0.1, 0.15) is 26.3 Å². The summed E-state index contributed by atoms with van der Waals surface area (Å²) in [7, 11) is 0. The van der Waals surface area contributed by atoms with Gasteiger partial charge < -0.3 is 4.42 Å². The molecule has 0 fully saturated rings. The second-order valence-corrected chi connectivity index (χ2v) is 7.85. The maximum absolute atomic E-state index is 6.30. The lowest BCUT2D eigenvalue weighted by atomic mass is 9.82. The molecule has 0 aliphatic carbocycles. The second-order valence-electron chi connectivity index (χ2n) is 7.85. The summed E-state index contributed by atoms with van der Waals surface area (Å²) in [6, 6.07) is 23.8. The fourth-order valence-electron chi connectivity index (χ4n) is 4.02. The number of fused-ring (bicyclic) bond motifs is 7. The molecule has 0 unspecified atom stereocenters. The van der Waals surface area contributed by atoms with Gasteiger partial charge in [0.2, 0.25) is 0 Å². The number of benzene rings is 4. The van der Waals surface area contributed by atoms with Crippen molar-refractivity contribution in [1.82, 2.24) is 0 Å². The molecule has 5 rings (SSSR count). The summed E-state index contributed by atoms with van der Waals surface area (Å²) in [4.78, 5) is 0.